The van der Waals surface area contributed by atoms with Crippen LogP contribution in [0, 0.1) is 0 Å². The summed E-state index contributed by atoms with van der Waals surface area (Å²) in [5.74, 6) is 2.24. The lowest BCUT2D eigenvalue weighted by Crippen LogP contribution is -2.32. The second-order valence-electron chi connectivity index (χ2n) is 5.97. The topological polar surface area (TPSA) is 48.0 Å². The normalized spacial score (nSPS) is 18.1. The number of rotatable bonds is 5. The number of nitrogens with zero attached hydrogens (tertiary/aromatic N) is 1. The lowest BCUT2D eigenvalue weighted by Gasteiger charge is -2.25. The van der Waals surface area contributed by atoms with Crippen molar-refractivity contribution < 1.29 is 19.0 Å². The van der Waals surface area contributed by atoms with E-state index < -0.39 is 0 Å². The number of ether oxygens (including phenoxy) is 3. The number of benzene rings is 1. The van der Waals surface area contributed by atoms with Gasteiger partial charge in [0.1, 0.15) is 5.76 Å². The molecule has 0 aromatic heterocycles. The number of allylic oxidation sites excluding steroid dienone is 1. The molecule has 2 heterocycles. The first-order valence-electron chi connectivity index (χ1n) is 7.51. The lowest BCUT2D eigenvalue weighted by molar-refractivity contribution is -0.136. The van der Waals surface area contributed by atoms with E-state index in [-0.39, 0.29) is 5.97 Å². The quantitative estimate of drug-likeness (QED) is 0.782. The van der Waals surface area contributed by atoms with Crippen molar-refractivity contribution in [2.45, 2.75) is 32.7 Å². The molecule has 3 rings (SSSR count). The van der Waals surface area contributed by atoms with Crippen molar-refractivity contribution in [2.24, 2.45) is 0 Å². The summed E-state index contributed by atoms with van der Waals surface area (Å²) < 4.78 is 15.9. The highest BCUT2D eigenvalue weighted by molar-refractivity contribution is 5.76. The van der Waals surface area contributed by atoms with Crippen LogP contribution < -0.4 is 9.47 Å². The van der Waals surface area contributed by atoms with Crippen LogP contribution in [0.3, 0.4) is 0 Å². The Bertz CT molecular complexity index is 623. The van der Waals surface area contributed by atoms with Gasteiger partial charge in [0, 0.05) is 12.6 Å². The first kappa shape index (κ1) is 14.9. The van der Waals surface area contributed by atoms with E-state index in [1.807, 2.05) is 19.1 Å². The smallest absolute Gasteiger partial charge is 0.315 e. The van der Waals surface area contributed by atoms with Crippen molar-refractivity contribution in [1.29, 1.82) is 0 Å². The van der Waals surface area contributed by atoms with E-state index in [0.29, 0.717) is 19.3 Å². The van der Waals surface area contributed by atoms with Gasteiger partial charge >= 0.3 is 5.97 Å². The molecule has 0 aliphatic carbocycles. The third kappa shape index (κ3) is 3.09. The second kappa shape index (κ2) is 6.01. The zero-order valence-corrected chi connectivity index (χ0v) is 13.2. The molecule has 0 saturated heterocycles. The average Bonchev–Trinajstić information content (AvgIpc) is 3.05. The highest BCUT2D eigenvalue weighted by Crippen LogP contribution is 2.33. The SMILES string of the molecule is CC1=C(CN(C)C(C)Cc2ccc3c(c2)OCO3)CC(=O)O1. The lowest BCUT2D eigenvalue weighted by atomic mass is 10.0. The molecular formula is C17H21NO4. The number of esters is 1. The summed E-state index contributed by atoms with van der Waals surface area (Å²) in [6.07, 6.45) is 1.32. The van der Waals surface area contributed by atoms with Gasteiger partial charge in [0.25, 0.3) is 0 Å². The minimum absolute atomic E-state index is 0.149. The van der Waals surface area contributed by atoms with E-state index in [2.05, 4.69) is 24.9 Å². The number of carbonyl (C=O) groups is 1. The van der Waals surface area contributed by atoms with Crippen molar-refractivity contribution in [3.63, 3.8) is 0 Å². The molecule has 2 aliphatic heterocycles. The molecule has 118 valence electrons. The monoisotopic (exact) mass is 303 g/mol. The predicted molar refractivity (Wildman–Crippen MR) is 81.8 cm³/mol. The van der Waals surface area contributed by atoms with Crippen LogP contribution in [0.25, 0.3) is 0 Å². The largest absolute Gasteiger partial charge is 0.454 e. The van der Waals surface area contributed by atoms with Crippen molar-refractivity contribution in [3.05, 3.63) is 35.1 Å². The van der Waals surface area contributed by atoms with Crippen LogP contribution in [0.2, 0.25) is 0 Å². The van der Waals surface area contributed by atoms with E-state index in [1.54, 1.807) is 0 Å². The Labute approximate surface area is 130 Å². The van der Waals surface area contributed by atoms with Gasteiger partial charge in [-0.25, -0.2) is 0 Å². The van der Waals surface area contributed by atoms with Crippen LogP contribution >= 0.6 is 0 Å². The van der Waals surface area contributed by atoms with Gasteiger partial charge in [-0.05, 0) is 50.6 Å². The highest BCUT2D eigenvalue weighted by Gasteiger charge is 2.23. The molecule has 5 nitrogen and oxygen atoms in total. The maximum atomic E-state index is 11.3. The summed E-state index contributed by atoms with van der Waals surface area (Å²) in [7, 11) is 2.07. The van der Waals surface area contributed by atoms with Crippen LogP contribution in [0.5, 0.6) is 11.5 Å². The van der Waals surface area contributed by atoms with Crippen molar-refractivity contribution in [1.82, 2.24) is 4.90 Å². The Morgan fingerprint density at radius 3 is 2.77 bits per heavy atom. The Morgan fingerprint density at radius 2 is 2.05 bits per heavy atom. The first-order chi connectivity index (χ1) is 10.5. The van der Waals surface area contributed by atoms with Gasteiger partial charge in [-0.3, -0.25) is 9.69 Å². The zero-order chi connectivity index (χ0) is 15.7. The molecule has 1 aromatic rings. The molecule has 1 atom stereocenters. The molecule has 22 heavy (non-hydrogen) atoms. The molecule has 2 aliphatic rings. The van der Waals surface area contributed by atoms with Crippen LogP contribution in [0.15, 0.2) is 29.5 Å². The van der Waals surface area contributed by atoms with Gasteiger partial charge in [0.2, 0.25) is 6.79 Å². The van der Waals surface area contributed by atoms with Crippen molar-refractivity contribution in [2.75, 3.05) is 20.4 Å². The van der Waals surface area contributed by atoms with E-state index >= 15 is 0 Å². The van der Waals surface area contributed by atoms with Crippen molar-refractivity contribution in [3.8, 4) is 11.5 Å². The summed E-state index contributed by atoms with van der Waals surface area (Å²) >= 11 is 0. The molecule has 1 aromatic carbocycles. The molecule has 0 radical (unpaired) electrons. The van der Waals surface area contributed by atoms with E-state index in [1.165, 1.54) is 5.56 Å². The average molecular weight is 303 g/mol. The number of fused-ring (bicyclic) bond motifs is 1. The molecule has 5 heteroatoms. The third-order valence-electron chi connectivity index (χ3n) is 4.28. The Kier molecular flexibility index (Phi) is 4.07. The summed E-state index contributed by atoms with van der Waals surface area (Å²) in [6.45, 7) is 5.09. The third-order valence-corrected chi connectivity index (χ3v) is 4.28. The molecule has 0 N–H and O–H groups in total. The summed E-state index contributed by atoms with van der Waals surface area (Å²) in [5, 5.41) is 0. The first-order valence-corrected chi connectivity index (χ1v) is 7.51. The van der Waals surface area contributed by atoms with Gasteiger partial charge in [-0.15, -0.1) is 0 Å². The number of hydrogen-bond donors (Lipinski definition) is 0. The number of likely N-dealkylation sites (N-methyl/N-ethyl adjacent to an activating group) is 1. The van der Waals surface area contributed by atoms with Crippen LogP contribution in [-0.4, -0.2) is 37.3 Å². The van der Waals surface area contributed by atoms with Crippen LogP contribution in [0.4, 0.5) is 0 Å². The minimum Gasteiger partial charge on any atom is -0.454 e. The maximum Gasteiger partial charge on any atom is 0.315 e. The fourth-order valence-corrected chi connectivity index (χ4v) is 2.77. The summed E-state index contributed by atoms with van der Waals surface area (Å²) in [5.41, 5.74) is 2.29. The number of hydrogen-bond acceptors (Lipinski definition) is 5. The van der Waals surface area contributed by atoms with Gasteiger partial charge < -0.3 is 14.2 Å². The molecular weight excluding hydrogens is 282 g/mol. The predicted octanol–water partition coefficient (Wildman–Crippen LogP) is 2.50. The molecule has 1 unspecified atom stereocenters. The van der Waals surface area contributed by atoms with E-state index in [4.69, 9.17) is 14.2 Å². The Morgan fingerprint density at radius 1 is 1.27 bits per heavy atom. The molecule has 0 saturated carbocycles. The zero-order valence-electron chi connectivity index (χ0n) is 13.2. The number of carbonyl (C=O) groups excluding carboxylic acids is 1. The minimum atomic E-state index is -0.149. The summed E-state index contributed by atoms with van der Waals surface area (Å²) in [4.78, 5) is 13.5. The van der Waals surface area contributed by atoms with Gasteiger partial charge in [0.15, 0.2) is 11.5 Å². The van der Waals surface area contributed by atoms with E-state index in [9.17, 15) is 4.79 Å². The van der Waals surface area contributed by atoms with Crippen LogP contribution in [-0.2, 0) is 16.0 Å². The maximum absolute atomic E-state index is 11.3. The summed E-state index contributed by atoms with van der Waals surface area (Å²) in [6, 6.07) is 6.42. The van der Waals surface area contributed by atoms with E-state index in [0.717, 1.165) is 35.8 Å². The fraction of sp³-hybridized carbons (Fsp3) is 0.471. The molecule has 0 bridgehead atoms. The van der Waals surface area contributed by atoms with Gasteiger partial charge in [0.05, 0.1) is 6.42 Å². The standard InChI is InChI=1S/C17H21NO4/c1-11(18(3)9-14-8-17(19)22-12(14)2)6-13-4-5-15-16(7-13)21-10-20-15/h4-5,7,11H,6,8-10H2,1-3H3. The van der Waals surface area contributed by atoms with Gasteiger partial charge in [-0.2, -0.15) is 0 Å². The fourth-order valence-electron chi connectivity index (χ4n) is 2.77. The van der Waals surface area contributed by atoms with Crippen molar-refractivity contribution >= 4 is 5.97 Å². The Balaban J connectivity index is 1.60. The van der Waals surface area contributed by atoms with Crippen LogP contribution in [0.1, 0.15) is 25.8 Å². The molecule has 0 fully saturated rings. The Hall–Kier alpha value is -2.01. The molecule has 0 amide bonds. The molecule has 0 spiro atoms. The van der Waals surface area contributed by atoms with Gasteiger partial charge in [-0.1, -0.05) is 6.07 Å². The second-order valence-corrected chi connectivity index (χ2v) is 5.97. The highest BCUT2D eigenvalue weighted by atomic mass is 16.7. The number of cyclic esters (lactones) is 1.